The van der Waals surface area contributed by atoms with Crippen LogP contribution in [0.2, 0.25) is 5.02 Å². The zero-order valence-electron chi connectivity index (χ0n) is 16.9. The number of pyridine rings is 1. The van der Waals surface area contributed by atoms with Crippen molar-refractivity contribution in [2.24, 2.45) is 11.5 Å². The van der Waals surface area contributed by atoms with Gasteiger partial charge in [0.05, 0.1) is 12.1 Å². The van der Waals surface area contributed by atoms with Crippen molar-refractivity contribution < 1.29 is 9.59 Å². The highest BCUT2D eigenvalue weighted by Gasteiger charge is 2.32. The van der Waals surface area contributed by atoms with Crippen LogP contribution in [0.3, 0.4) is 0 Å². The van der Waals surface area contributed by atoms with Crippen LogP contribution in [0.15, 0.2) is 42.6 Å². The Bertz CT molecular complexity index is 877. The fraction of sp³-hybridized carbons (Fsp3) is 0.409. The van der Waals surface area contributed by atoms with Gasteiger partial charge in [0.1, 0.15) is 0 Å². The molecule has 2 heterocycles. The van der Waals surface area contributed by atoms with E-state index in [2.05, 4.69) is 15.2 Å². The van der Waals surface area contributed by atoms with Crippen molar-refractivity contribution in [3.8, 4) is 0 Å². The minimum absolute atomic E-state index is 0.277. The maximum atomic E-state index is 12.8. The quantitative estimate of drug-likeness (QED) is 0.584. The third-order valence-electron chi connectivity index (χ3n) is 5.36. The van der Waals surface area contributed by atoms with Gasteiger partial charge < -0.3 is 11.5 Å². The van der Waals surface area contributed by atoms with Gasteiger partial charge in [0.15, 0.2) is 0 Å². The van der Waals surface area contributed by atoms with E-state index in [0.717, 1.165) is 30.5 Å². The number of nitrogens with two attached hydrogens (primary N) is 2. The van der Waals surface area contributed by atoms with E-state index in [1.54, 1.807) is 18.3 Å². The standard InChI is InChI=1S/C22H28ClN5O2/c23-17-7-6-15(8-9-24)16(12-17)14-28-11-3-5-20(28)22(30)27-21(29)19(25)13-18-4-1-2-10-26-18/h1-2,4,6-7,10,12,19-20H,3,5,8-9,11,13-14,24-25H2,(H,27,29,30)/t19-,20+/m1/s1. The molecule has 0 bridgehead atoms. The van der Waals surface area contributed by atoms with Crippen LogP contribution in [-0.4, -0.2) is 46.9 Å². The van der Waals surface area contributed by atoms with Gasteiger partial charge in [0.25, 0.3) is 0 Å². The van der Waals surface area contributed by atoms with Crippen molar-refractivity contribution in [1.29, 1.82) is 0 Å². The summed E-state index contributed by atoms with van der Waals surface area (Å²) in [5.74, 6) is -0.791. The lowest BCUT2D eigenvalue weighted by Gasteiger charge is -2.25. The van der Waals surface area contributed by atoms with E-state index in [1.165, 1.54) is 0 Å². The number of nitrogens with one attached hydrogen (secondary N) is 1. The Kier molecular flexibility index (Phi) is 7.93. The first-order valence-electron chi connectivity index (χ1n) is 10.2. The SMILES string of the molecule is NCCc1ccc(Cl)cc1CN1CCC[C@H]1C(=O)NC(=O)[C@H](N)Cc1ccccn1. The van der Waals surface area contributed by atoms with Gasteiger partial charge in [-0.2, -0.15) is 0 Å². The predicted molar refractivity (Wildman–Crippen MR) is 117 cm³/mol. The molecule has 0 aliphatic carbocycles. The lowest BCUT2D eigenvalue weighted by Crippen LogP contribution is -2.50. The molecular weight excluding hydrogens is 402 g/mol. The second-order valence-corrected chi connectivity index (χ2v) is 8.00. The molecule has 0 unspecified atom stereocenters. The van der Waals surface area contributed by atoms with Crippen molar-refractivity contribution in [3.63, 3.8) is 0 Å². The number of carbonyl (C=O) groups excluding carboxylic acids is 2. The van der Waals surface area contributed by atoms with Crippen LogP contribution < -0.4 is 16.8 Å². The fourth-order valence-corrected chi connectivity index (χ4v) is 4.00. The number of nitrogens with zero attached hydrogens (tertiary/aromatic N) is 2. The van der Waals surface area contributed by atoms with Gasteiger partial charge in [-0.1, -0.05) is 23.7 Å². The first-order chi connectivity index (χ1) is 14.5. The highest BCUT2D eigenvalue weighted by Crippen LogP contribution is 2.24. The van der Waals surface area contributed by atoms with E-state index in [1.807, 2.05) is 24.3 Å². The summed E-state index contributed by atoms with van der Waals surface area (Å²) in [5, 5.41) is 3.14. The normalized spacial score (nSPS) is 17.6. The Balaban J connectivity index is 1.61. The molecule has 1 fully saturated rings. The second-order valence-electron chi connectivity index (χ2n) is 7.57. The molecule has 1 aliphatic heterocycles. The van der Waals surface area contributed by atoms with E-state index >= 15 is 0 Å². The van der Waals surface area contributed by atoms with Crippen molar-refractivity contribution in [3.05, 3.63) is 64.4 Å². The molecule has 0 saturated carbocycles. The highest BCUT2D eigenvalue weighted by molar-refractivity contribution is 6.30. The summed E-state index contributed by atoms with van der Waals surface area (Å²) in [6.07, 6.45) is 4.26. The van der Waals surface area contributed by atoms with Gasteiger partial charge in [-0.3, -0.25) is 24.8 Å². The van der Waals surface area contributed by atoms with Gasteiger partial charge in [-0.05, 0) is 67.7 Å². The van der Waals surface area contributed by atoms with E-state index in [4.69, 9.17) is 23.1 Å². The van der Waals surface area contributed by atoms with Gasteiger partial charge in [0, 0.05) is 29.9 Å². The van der Waals surface area contributed by atoms with Gasteiger partial charge in [-0.15, -0.1) is 0 Å². The maximum Gasteiger partial charge on any atom is 0.243 e. The molecule has 1 aromatic carbocycles. The lowest BCUT2D eigenvalue weighted by molar-refractivity contribution is -0.133. The number of halogens is 1. The Labute approximate surface area is 181 Å². The molecule has 1 saturated heterocycles. The smallest absolute Gasteiger partial charge is 0.243 e. The number of imide groups is 1. The van der Waals surface area contributed by atoms with E-state index in [-0.39, 0.29) is 18.4 Å². The summed E-state index contributed by atoms with van der Waals surface area (Å²) in [7, 11) is 0. The number of hydrogen-bond acceptors (Lipinski definition) is 6. The fourth-order valence-electron chi connectivity index (χ4n) is 3.81. The van der Waals surface area contributed by atoms with Crippen LogP contribution in [-0.2, 0) is 29.0 Å². The summed E-state index contributed by atoms with van der Waals surface area (Å²) < 4.78 is 0. The molecular formula is C22H28ClN5O2. The minimum atomic E-state index is -0.831. The molecule has 7 nitrogen and oxygen atoms in total. The molecule has 0 radical (unpaired) electrons. The van der Waals surface area contributed by atoms with Crippen molar-refractivity contribution in [1.82, 2.24) is 15.2 Å². The molecule has 2 amide bonds. The number of hydrogen-bond donors (Lipinski definition) is 3. The Hall–Kier alpha value is -2.32. The summed E-state index contributed by atoms with van der Waals surface area (Å²) in [6.45, 7) is 1.91. The van der Waals surface area contributed by atoms with Gasteiger partial charge >= 0.3 is 0 Å². The third-order valence-corrected chi connectivity index (χ3v) is 5.60. The molecule has 8 heteroatoms. The number of carbonyl (C=O) groups is 2. The largest absolute Gasteiger partial charge is 0.330 e. The number of aromatic nitrogens is 1. The van der Waals surface area contributed by atoms with Crippen LogP contribution >= 0.6 is 11.6 Å². The van der Waals surface area contributed by atoms with Crippen LogP contribution in [0.4, 0.5) is 0 Å². The number of amides is 2. The zero-order valence-corrected chi connectivity index (χ0v) is 17.6. The summed E-state index contributed by atoms with van der Waals surface area (Å²) >= 11 is 6.18. The summed E-state index contributed by atoms with van der Waals surface area (Å²) in [5.41, 5.74) is 14.6. The van der Waals surface area contributed by atoms with Crippen molar-refractivity contribution in [2.75, 3.05) is 13.1 Å². The Morgan fingerprint density at radius 2 is 2.10 bits per heavy atom. The molecule has 2 aromatic rings. The molecule has 160 valence electrons. The Morgan fingerprint density at radius 1 is 1.27 bits per heavy atom. The molecule has 0 spiro atoms. The van der Waals surface area contributed by atoms with Crippen LogP contribution in [0.1, 0.15) is 29.7 Å². The van der Waals surface area contributed by atoms with E-state index in [0.29, 0.717) is 30.2 Å². The predicted octanol–water partition coefficient (Wildman–Crippen LogP) is 1.41. The molecule has 30 heavy (non-hydrogen) atoms. The maximum absolute atomic E-state index is 12.8. The van der Waals surface area contributed by atoms with Gasteiger partial charge in [0.2, 0.25) is 11.8 Å². The second kappa shape index (κ2) is 10.6. The molecule has 3 rings (SSSR count). The molecule has 1 aliphatic rings. The number of benzene rings is 1. The average molecular weight is 430 g/mol. The third kappa shape index (κ3) is 5.86. The first-order valence-corrected chi connectivity index (χ1v) is 10.6. The van der Waals surface area contributed by atoms with Crippen LogP contribution in [0.5, 0.6) is 0 Å². The highest BCUT2D eigenvalue weighted by atomic mass is 35.5. The van der Waals surface area contributed by atoms with Crippen molar-refractivity contribution >= 4 is 23.4 Å². The average Bonchev–Trinajstić information content (AvgIpc) is 3.19. The monoisotopic (exact) mass is 429 g/mol. The number of rotatable bonds is 8. The summed E-state index contributed by atoms with van der Waals surface area (Å²) in [6, 6.07) is 9.99. The van der Waals surface area contributed by atoms with Crippen LogP contribution in [0, 0.1) is 0 Å². The number of likely N-dealkylation sites (tertiary alicyclic amines) is 1. The molecule has 5 N–H and O–H groups in total. The molecule has 2 atom stereocenters. The molecule has 1 aromatic heterocycles. The Morgan fingerprint density at radius 3 is 2.83 bits per heavy atom. The zero-order chi connectivity index (χ0) is 21.5. The van der Waals surface area contributed by atoms with E-state index < -0.39 is 11.9 Å². The lowest BCUT2D eigenvalue weighted by atomic mass is 10.0. The topological polar surface area (TPSA) is 114 Å². The van der Waals surface area contributed by atoms with Gasteiger partial charge in [-0.25, -0.2) is 0 Å². The minimum Gasteiger partial charge on any atom is -0.330 e. The van der Waals surface area contributed by atoms with Crippen molar-refractivity contribution in [2.45, 2.75) is 44.3 Å². The van der Waals surface area contributed by atoms with Crippen LogP contribution in [0.25, 0.3) is 0 Å². The van der Waals surface area contributed by atoms with E-state index in [9.17, 15) is 9.59 Å². The first kappa shape index (κ1) is 22.4. The summed E-state index contributed by atoms with van der Waals surface area (Å²) in [4.78, 5) is 31.5.